The highest BCUT2D eigenvalue weighted by Crippen LogP contribution is 2.23. The fraction of sp³-hybridized carbons (Fsp3) is 0.714. The topological polar surface area (TPSA) is 37.8 Å². The van der Waals surface area contributed by atoms with Gasteiger partial charge in [0, 0.05) is 11.8 Å². The predicted molar refractivity (Wildman–Crippen MR) is 53.9 cm³/mol. The molecule has 3 nitrogen and oxygen atoms in total. The van der Waals surface area contributed by atoms with Gasteiger partial charge in [-0.1, -0.05) is 18.7 Å². The van der Waals surface area contributed by atoms with Crippen LogP contribution in [0.3, 0.4) is 0 Å². The Bertz CT molecular complexity index is 236. The van der Waals surface area contributed by atoms with Gasteiger partial charge in [-0.05, 0) is 25.5 Å². The van der Waals surface area contributed by atoms with Gasteiger partial charge in [0.2, 0.25) is 0 Å². The maximum Gasteiger partial charge on any atom is 0.170 e. The van der Waals surface area contributed by atoms with E-state index in [1.54, 1.807) is 11.8 Å². The van der Waals surface area contributed by atoms with Gasteiger partial charge in [0.25, 0.3) is 0 Å². The summed E-state index contributed by atoms with van der Waals surface area (Å²) in [4.78, 5) is 4.28. The Morgan fingerprint density at radius 2 is 2.42 bits per heavy atom. The smallest absolute Gasteiger partial charge is 0.170 e. The highest BCUT2D eigenvalue weighted by atomic mass is 32.2. The summed E-state index contributed by atoms with van der Waals surface area (Å²) < 4.78 is 5.18. The van der Waals surface area contributed by atoms with Crippen LogP contribution < -0.4 is 5.32 Å². The molecule has 1 N–H and O–H groups in total. The van der Waals surface area contributed by atoms with Crippen molar-refractivity contribution in [3.8, 4) is 0 Å². The highest BCUT2D eigenvalue weighted by Gasteiger charge is 2.06. The molecule has 0 radical (unpaired) electrons. The molecule has 0 fully saturated rings. The highest BCUT2D eigenvalue weighted by molar-refractivity contribution is 8.01. The third-order valence-electron chi connectivity index (χ3n) is 1.30. The predicted octanol–water partition coefficient (Wildman–Crippen LogP) is 1.55. The summed E-state index contributed by atoms with van der Waals surface area (Å²) in [6.07, 6.45) is 0. The third-order valence-corrected chi connectivity index (χ3v) is 3.28. The van der Waals surface area contributed by atoms with Crippen molar-refractivity contribution < 1.29 is 0 Å². The quantitative estimate of drug-likeness (QED) is 0.753. The summed E-state index contributed by atoms with van der Waals surface area (Å²) in [7, 11) is 1.96. The lowest BCUT2D eigenvalue weighted by molar-refractivity contribution is 0.784. The first kappa shape index (κ1) is 9.95. The van der Waals surface area contributed by atoms with Gasteiger partial charge in [-0.25, -0.2) is 4.98 Å². The van der Waals surface area contributed by atoms with Crippen LogP contribution in [0.1, 0.15) is 12.7 Å². The van der Waals surface area contributed by atoms with Gasteiger partial charge >= 0.3 is 0 Å². The van der Waals surface area contributed by atoms with Gasteiger partial charge < -0.3 is 5.32 Å². The molecular formula is C7H13N3S2. The number of nitrogens with zero attached hydrogens (tertiary/aromatic N) is 2. The molecular weight excluding hydrogens is 190 g/mol. The minimum atomic E-state index is 0.558. The van der Waals surface area contributed by atoms with E-state index in [4.69, 9.17) is 0 Å². The Balaban J connectivity index is 2.41. The maximum atomic E-state index is 4.28. The van der Waals surface area contributed by atoms with Crippen molar-refractivity contribution in [3.05, 3.63) is 5.82 Å². The van der Waals surface area contributed by atoms with Crippen molar-refractivity contribution in [1.29, 1.82) is 0 Å². The number of aryl methyl sites for hydroxylation is 1. The van der Waals surface area contributed by atoms with Gasteiger partial charge in [-0.3, -0.25) is 0 Å². The molecule has 0 saturated carbocycles. The molecule has 0 bridgehead atoms. The van der Waals surface area contributed by atoms with Crippen LogP contribution in [0.4, 0.5) is 0 Å². The van der Waals surface area contributed by atoms with Crippen LogP contribution in [-0.4, -0.2) is 28.2 Å². The molecule has 1 heterocycles. The largest absolute Gasteiger partial charge is 0.319 e. The summed E-state index contributed by atoms with van der Waals surface area (Å²) in [5.41, 5.74) is 0. The van der Waals surface area contributed by atoms with E-state index >= 15 is 0 Å². The monoisotopic (exact) mass is 203 g/mol. The van der Waals surface area contributed by atoms with Gasteiger partial charge in [0.1, 0.15) is 5.82 Å². The lowest BCUT2D eigenvalue weighted by atomic mass is 10.5. The number of hydrogen-bond acceptors (Lipinski definition) is 5. The Morgan fingerprint density at radius 1 is 1.67 bits per heavy atom. The SMILES string of the molecule is CNCC(C)Sc1nc(C)ns1. The second-order valence-corrected chi connectivity index (χ2v) is 5.03. The molecule has 1 aromatic heterocycles. The van der Waals surface area contributed by atoms with Crippen LogP contribution in [0.2, 0.25) is 0 Å². The van der Waals surface area contributed by atoms with Crippen LogP contribution in [0.5, 0.6) is 0 Å². The minimum absolute atomic E-state index is 0.558. The van der Waals surface area contributed by atoms with Crippen LogP contribution in [0, 0.1) is 6.92 Å². The Labute approximate surface area is 81.1 Å². The Kier molecular flexibility index (Phi) is 3.97. The fourth-order valence-corrected chi connectivity index (χ4v) is 2.81. The number of nitrogens with one attached hydrogen (secondary N) is 1. The molecule has 0 aromatic carbocycles. The van der Waals surface area contributed by atoms with E-state index < -0.39 is 0 Å². The van der Waals surface area contributed by atoms with Gasteiger partial charge in [0.05, 0.1) is 0 Å². The Hall–Kier alpha value is -0.130. The molecule has 0 amide bonds. The van der Waals surface area contributed by atoms with E-state index in [0.717, 1.165) is 16.7 Å². The molecule has 0 saturated heterocycles. The van der Waals surface area contributed by atoms with Crippen LogP contribution in [-0.2, 0) is 0 Å². The summed E-state index contributed by atoms with van der Waals surface area (Å²) in [5, 5.41) is 3.69. The minimum Gasteiger partial charge on any atom is -0.319 e. The van der Waals surface area contributed by atoms with Crippen molar-refractivity contribution in [2.75, 3.05) is 13.6 Å². The van der Waals surface area contributed by atoms with Gasteiger partial charge in [-0.15, -0.1) is 0 Å². The van der Waals surface area contributed by atoms with E-state index in [1.165, 1.54) is 11.5 Å². The molecule has 0 spiro atoms. The second kappa shape index (κ2) is 4.79. The molecule has 0 aliphatic carbocycles. The molecule has 5 heteroatoms. The molecule has 0 aliphatic rings. The molecule has 1 aromatic rings. The number of rotatable bonds is 4. The lowest BCUT2D eigenvalue weighted by Crippen LogP contribution is -2.17. The zero-order valence-corrected chi connectivity index (χ0v) is 9.13. The lowest BCUT2D eigenvalue weighted by Gasteiger charge is -2.06. The van der Waals surface area contributed by atoms with E-state index in [2.05, 4.69) is 21.6 Å². The third kappa shape index (κ3) is 3.08. The number of hydrogen-bond donors (Lipinski definition) is 1. The molecule has 1 unspecified atom stereocenters. The van der Waals surface area contributed by atoms with Gasteiger partial charge in [-0.2, -0.15) is 4.37 Å². The Morgan fingerprint density at radius 3 is 2.92 bits per heavy atom. The first-order valence-corrected chi connectivity index (χ1v) is 5.49. The van der Waals surface area contributed by atoms with E-state index in [1.807, 2.05) is 14.0 Å². The molecule has 1 rings (SSSR count). The zero-order valence-electron chi connectivity index (χ0n) is 7.50. The standard InChI is InChI=1S/C7H13N3S2/c1-5(4-8-3)11-7-9-6(2)10-12-7/h5,8H,4H2,1-3H3. The van der Waals surface area contributed by atoms with Gasteiger partial charge in [0.15, 0.2) is 4.34 Å². The van der Waals surface area contributed by atoms with E-state index in [9.17, 15) is 0 Å². The zero-order chi connectivity index (χ0) is 8.97. The molecule has 0 aliphatic heterocycles. The van der Waals surface area contributed by atoms with Crippen LogP contribution in [0.25, 0.3) is 0 Å². The summed E-state index contributed by atoms with van der Waals surface area (Å²) in [5.74, 6) is 0.874. The van der Waals surface area contributed by atoms with Crippen molar-refractivity contribution >= 4 is 23.3 Å². The molecule has 1 atom stereocenters. The van der Waals surface area contributed by atoms with Crippen LogP contribution >= 0.6 is 23.3 Å². The maximum absolute atomic E-state index is 4.28. The second-order valence-electron chi connectivity index (χ2n) is 2.59. The molecule has 12 heavy (non-hydrogen) atoms. The number of thioether (sulfide) groups is 1. The van der Waals surface area contributed by atoms with E-state index in [-0.39, 0.29) is 0 Å². The normalized spacial score (nSPS) is 13.2. The van der Waals surface area contributed by atoms with Crippen LogP contribution in [0.15, 0.2) is 4.34 Å². The summed E-state index contributed by atoms with van der Waals surface area (Å²) in [6.45, 7) is 5.10. The van der Waals surface area contributed by atoms with Crippen molar-refractivity contribution in [3.63, 3.8) is 0 Å². The summed E-state index contributed by atoms with van der Waals surface area (Å²) >= 11 is 3.25. The number of aromatic nitrogens is 2. The average molecular weight is 203 g/mol. The summed E-state index contributed by atoms with van der Waals surface area (Å²) in [6, 6.07) is 0. The van der Waals surface area contributed by atoms with Crippen molar-refractivity contribution in [2.24, 2.45) is 0 Å². The first-order chi connectivity index (χ1) is 5.72. The fourth-order valence-electron chi connectivity index (χ4n) is 0.827. The average Bonchev–Trinajstić information content (AvgIpc) is 2.36. The van der Waals surface area contributed by atoms with E-state index in [0.29, 0.717) is 5.25 Å². The molecule has 68 valence electrons. The first-order valence-electron chi connectivity index (χ1n) is 3.84. The van der Waals surface area contributed by atoms with Crippen molar-refractivity contribution in [2.45, 2.75) is 23.4 Å². The van der Waals surface area contributed by atoms with Crippen molar-refractivity contribution in [1.82, 2.24) is 14.7 Å².